The van der Waals surface area contributed by atoms with E-state index in [2.05, 4.69) is 30.4 Å². The normalized spacial score (nSPS) is 19.9. The summed E-state index contributed by atoms with van der Waals surface area (Å²) in [7, 11) is -4.17. The zero-order valence-electron chi connectivity index (χ0n) is 25.2. The quantitative estimate of drug-likeness (QED) is 0.130. The van der Waals surface area contributed by atoms with Gasteiger partial charge in [-0.3, -0.25) is 18.9 Å². The van der Waals surface area contributed by atoms with E-state index in [0.29, 0.717) is 6.42 Å². The van der Waals surface area contributed by atoms with Crippen LogP contribution >= 0.6 is 7.82 Å². The number of carbonyl (C=O) groups is 1. The number of carbonyl (C=O) groups excluding carboxylic acids is 1. The Balaban J connectivity index is 1.29. The Kier molecular flexibility index (Phi) is 11.1. The van der Waals surface area contributed by atoms with Gasteiger partial charge in [-0.2, -0.15) is 0 Å². The van der Waals surface area contributed by atoms with Crippen molar-refractivity contribution in [3.63, 3.8) is 0 Å². The van der Waals surface area contributed by atoms with Crippen LogP contribution in [0.15, 0.2) is 78.9 Å². The van der Waals surface area contributed by atoms with Gasteiger partial charge in [0.2, 0.25) is 0 Å². The predicted molar refractivity (Wildman–Crippen MR) is 167 cm³/mol. The summed E-state index contributed by atoms with van der Waals surface area (Å²) in [6.45, 7) is 2.24. The molecular weight excluding hydrogens is 561 g/mol. The molecule has 1 aliphatic carbocycles. The van der Waals surface area contributed by atoms with E-state index in [0.717, 1.165) is 30.4 Å². The standard InChI is InChI=1S/C35H44NO6P/c1-2-3-4-5-6-9-14-28-19-20-32-24-33(22-21-31(32)23-28)35(27-39-34(37)36-35)42-43(38,40-25-29-15-10-7-11-16-29)41-26-30-17-12-8-13-18-30/h7-8,10-13,15-20,23,33H,2-6,9,14,21-22,24-27H2,1H3,(H,36,37). The van der Waals surface area contributed by atoms with Gasteiger partial charge in [0.25, 0.3) is 0 Å². The number of aryl methyl sites for hydroxylation is 2. The highest BCUT2D eigenvalue weighted by Crippen LogP contribution is 2.56. The van der Waals surface area contributed by atoms with Crippen LogP contribution in [0.25, 0.3) is 0 Å². The topological polar surface area (TPSA) is 83.1 Å². The number of benzene rings is 3. The van der Waals surface area contributed by atoms with Gasteiger partial charge in [0.05, 0.1) is 13.2 Å². The van der Waals surface area contributed by atoms with E-state index < -0.39 is 19.6 Å². The van der Waals surface area contributed by atoms with Gasteiger partial charge in [0.1, 0.15) is 6.61 Å². The maximum Gasteiger partial charge on any atom is 0.477 e. The number of alkyl carbamates (subject to hydrolysis) is 1. The van der Waals surface area contributed by atoms with Gasteiger partial charge >= 0.3 is 13.9 Å². The molecule has 8 heteroatoms. The Labute approximate surface area is 255 Å². The van der Waals surface area contributed by atoms with Crippen LogP contribution in [0.4, 0.5) is 4.79 Å². The number of nitrogens with one attached hydrogen (secondary N) is 1. The molecule has 5 rings (SSSR count). The minimum Gasteiger partial charge on any atom is -0.444 e. The van der Waals surface area contributed by atoms with Crippen LogP contribution in [0.2, 0.25) is 0 Å². The SMILES string of the molecule is CCCCCCCCc1ccc2c(c1)CCC(C1(OP(=O)(OCc3ccccc3)OCc3ccccc3)COC(=O)N1)C2. The zero-order valence-corrected chi connectivity index (χ0v) is 26.1. The minimum atomic E-state index is -4.17. The molecule has 1 aliphatic heterocycles. The van der Waals surface area contributed by atoms with Crippen LogP contribution < -0.4 is 5.32 Å². The lowest BCUT2D eigenvalue weighted by molar-refractivity contribution is -0.0552. The maximum absolute atomic E-state index is 14.3. The van der Waals surface area contributed by atoms with Crippen LogP contribution in [0.5, 0.6) is 0 Å². The molecule has 2 atom stereocenters. The number of phosphoric ester groups is 1. The Bertz CT molecular complexity index is 1320. The van der Waals surface area contributed by atoms with Crippen LogP contribution in [-0.2, 0) is 55.3 Å². The van der Waals surface area contributed by atoms with Crippen molar-refractivity contribution < 1.29 is 27.7 Å². The molecule has 2 unspecified atom stereocenters. The van der Waals surface area contributed by atoms with E-state index >= 15 is 0 Å². The molecule has 1 saturated heterocycles. The van der Waals surface area contributed by atoms with Crippen LogP contribution in [0, 0.1) is 5.92 Å². The molecule has 1 heterocycles. The average molecular weight is 606 g/mol. The summed E-state index contributed by atoms with van der Waals surface area (Å²) in [5.74, 6) is -0.176. The third-order valence-electron chi connectivity index (χ3n) is 8.45. The fourth-order valence-corrected chi connectivity index (χ4v) is 7.42. The van der Waals surface area contributed by atoms with Gasteiger partial charge in [-0.25, -0.2) is 9.36 Å². The third kappa shape index (κ3) is 8.79. The lowest BCUT2D eigenvalue weighted by Crippen LogP contribution is -2.53. The maximum atomic E-state index is 14.3. The van der Waals surface area contributed by atoms with Gasteiger partial charge < -0.3 is 4.74 Å². The number of fused-ring (bicyclic) bond motifs is 1. The first-order valence-corrected chi connectivity index (χ1v) is 17.2. The van der Waals surface area contributed by atoms with Gasteiger partial charge in [-0.05, 0) is 59.9 Å². The van der Waals surface area contributed by atoms with E-state index in [-0.39, 0.29) is 25.7 Å². The van der Waals surface area contributed by atoms with Crippen molar-refractivity contribution in [3.8, 4) is 0 Å². The molecule has 3 aromatic carbocycles. The van der Waals surface area contributed by atoms with E-state index in [1.165, 1.54) is 55.2 Å². The first-order valence-electron chi connectivity index (χ1n) is 15.7. The fraction of sp³-hybridized carbons (Fsp3) is 0.457. The first kappa shape index (κ1) is 31.5. The van der Waals surface area contributed by atoms with Crippen LogP contribution in [-0.4, -0.2) is 18.4 Å². The second-order valence-electron chi connectivity index (χ2n) is 11.7. The summed E-state index contributed by atoms with van der Waals surface area (Å²) in [5, 5.41) is 2.86. The highest BCUT2D eigenvalue weighted by Gasteiger charge is 2.53. The number of amides is 1. The summed E-state index contributed by atoms with van der Waals surface area (Å²) >= 11 is 0. The van der Waals surface area contributed by atoms with Crippen LogP contribution in [0.3, 0.4) is 0 Å². The zero-order chi connectivity index (χ0) is 30.0. The molecule has 2 aliphatic rings. The van der Waals surface area contributed by atoms with Crippen molar-refractivity contribution in [2.45, 2.75) is 90.1 Å². The smallest absolute Gasteiger partial charge is 0.444 e. The number of hydrogen-bond donors (Lipinski definition) is 1. The van der Waals surface area contributed by atoms with Crippen LogP contribution in [0.1, 0.15) is 79.7 Å². The molecule has 0 aromatic heterocycles. The summed E-state index contributed by atoms with van der Waals surface area (Å²) in [4.78, 5) is 12.4. The number of rotatable bonds is 16. The lowest BCUT2D eigenvalue weighted by atomic mass is 9.78. The van der Waals surface area contributed by atoms with Crippen molar-refractivity contribution >= 4 is 13.9 Å². The molecule has 0 spiro atoms. The molecule has 3 aromatic rings. The molecule has 7 nitrogen and oxygen atoms in total. The molecule has 43 heavy (non-hydrogen) atoms. The van der Waals surface area contributed by atoms with Crippen molar-refractivity contribution in [3.05, 3.63) is 107 Å². The third-order valence-corrected chi connectivity index (χ3v) is 9.89. The molecular formula is C35H44NO6P. The Hall–Kier alpha value is -2.96. The second kappa shape index (κ2) is 15.2. The number of cyclic esters (lactones) is 1. The fourth-order valence-electron chi connectivity index (χ4n) is 5.98. The first-order chi connectivity index (χ1) is 21.0. The predicted octanol–water partition coefficient (Wildman–Crippen LogP) is 8.69. The summed E-state index contributed by atoms with van der Waals surface area (Å²) in [5.41, 5.74) is 4.26. The largest absolute Gasteiger partial charge is 0.477 e. The van der Waals surface area contributed by atoms with Gasteiger partial charge in [-0.1, -0.05) is 118 Å². The molecule has 0 radical (unpaired) electrons. The monoisotopic (exact) mass is 605 g/mol. The molecule has 1 N–H and O–H groups in total. The number of ether oxygens (including phenoxy) is 1. The second-order valence-corrected chi connectivity index (χ2v) is 13.3. The van der Waals surface area contributed by atoms with Crippen molar-refractivity contribution in [2.24, 2.45) is 5.92 Å². The van der Waals surface area contributed by atoms with Crippen molar-refractivity contribution in [1.82, 2.24) is 5.32 Å². The minimum absolute atomic E-state index is 0.0344. The van der Waals surface area contributed by atoms with Gasteiger partial charge in [-0.15, -0.1) is 0 Å². The summed E-state index contributed by atoms with van der Waals surface area (Å²) in [6, 6.07) is 25.7. The average Bonchev–Trinajstić information content (AvgIpc) is 3.42. The van der Waals surface area contributed by atoms with E-state index in [1.807, 2.05) is 60.7 Å². The number of hydrogen-bond acceptors (Lipinski definition) is 6. The highest BCUT2D eigenvalue weighted by atomic mass is 31.2. The van der Waals surface area contributed by atoms with Crippen molar-refractivity contribution in [2.75, 3.05) is 6.61 Å². The van der Waals surface area contributed by atoms with E-state index in [4.69, 9.17) is 18.3 Å². The van der Waals surface area contributed by atoms with E-state index in [1.54, 1.807) is 0 Å². The Morgan fingerprint density at radius 2 is 1.49 bits per heavy atom. The summed E-state index contributed by atoms with van der Waals surface area (Å²) < 4.78 is 37.8. The molecule has 0 saturated carbocycles. The Morgan fingerprint density at radius 1 is 0.837 bits per heavy atom. The summed E-state index contributed by atoms with van der Waals surface area (Å²) in [6.07, 6.45) is 10.5. The number of phosphoric acid groups is 1. The molecule has 0 bridgehead atoms. The lowest BCUT2D eigenvalue weighted by Gasteiger charge is -2.39. The highest BCUT2D eigenvalue weighted by molar-refractivity contribution is 7.48. The molecule has 1 amide bonds. The van der Waals surface area contributed by atoms with Gasteiger partial charge in [0.15, 0.2) is 5.72 Å². The van der Waals surface area contributed by atoms with Gasteiger partial charge in [0, 0.05) is 5.92 Å². The number of unbranched alkanes of at least 4 members (excludes halogenated alkanes) is 5. The molecule has 230 valence electrons. The van der Waals surface area contributed by atoms with Crippen molar-refractivity contribution in [1.29, 1.82) is 0 Å². The molecule has 1 fully saturated rings. The van der Waals surface area contributed by atoms with E-state index in [9.17, 15) is 9.36 Å². The Morgan fingerprint density at radius 3 is 2.12 bits per heavy atom.